The van der Waals surface area contributed by atoms with Crippen LogP contribution in [0.5, 0.6) is 0 Å². The van der Waals surface area contributed by atoms with Gasteiger partial charge in [0.25, 0.3) is 0 Å². The molecule has 0 spiro atoms. The second-order valence-corrected chi connectivity index (χ2v) is 8.48. The van der Waals surface area contributed by atoms with Crippen LogP contribution in [0.15, 0.2) is 18.3 Å². The first-order chi connectivity index (χ1) is 12.6. The highest BCUT2D eigenvalue weighted by atomic mass is 32.2. The van der Waals surface area contributed by atoms with Crippen molar-refractivity contribution in [3.63, 3.8) is 0 Å². The van der Waals surface area contributed by atoms with Crippen LogP contribution in [0.4, 0.5) is 19.0 Å². The Balaban J connectivity index is 1.70. The maximum Gasteiger partial charge on any atom is 0.417 e. The molecule has 27 heavy (non-hydrogen) atoms. The molecular formula is C16H23F3N4O3S. The third-order valence-electron chi connectivity index (χ3n) is 4.40. The molecule has 0 atom stereocenters. The second-order valence-electron chi connectivity index (χ2n) is 6.22. The van der Waals surface area contributed by atoms with E-state index in [0.717, 1.165) is 12.3 Å². The van der Waals surface area contributed by atoms with Crippen molar-refractivity contribution >= 4 is 21.7 Å². The first kappa shape index (κ1) is 21.4. The van der Waals surface area contributed by atoms with Crippen LogP contribution in [0.3, 0.4) is 0 Å². The van der Waals surface area contributed by atoms with E-state index >= 15 is 0 Å². The van der Waals surface area contributed by atoms with Gasteiger partial charge in [0.2, 0.25) is 15.9 Å². The average molecular weight is 408 g/mol. The van der Waals surface area contributed by atoms with E-state index in [0.29, 0.717) is 32.5 Å². The molecule has 1 saturated heterocycles. The van der Waals surface area contributed by atoms with Crippen LogP contribution in [0.25, 0.3) is 0 Å². The maximum atomic E-state index is 12.5. The van der Waals surface area contributed by atoms with Crippen LogP contribution in [0.1, 0.15) is 25.3 Å². The summed E-state index contributed by atoms with van der Waals surface area (Å²) in [6.45, 7) is 2.86. The number of hydrogen-bond acceptors (Lipinski definition) is 5. The topological polar surface area (TPSA) is 91.4 Å². The SMILES string of the molecule is CCS(=O)(=O)N1CCC(C(=O)NCCNc2ccc(C(F)(F)F)cn2)CC1. The molecular weight excluding hydrogens is 385 g/mol. The van der Waals surface area contributed by atoms with Gasteiger partial charge in [0, 0.05) is 38.3 Å². The van der Waals surface area contributed by atoms with Gasteiger partial charge >= 0.3 is 6.18 Å². The van der Waals surface area contributed by atoms with Gasteiger partial charge in [-0.05, 0) is 31.9 Å². The Kier molecular flexibility index (Phi) is 7.04. The Morgan fingerprint density at radius 2 is 1.93 bits per heavy atom. The quantitative estimate of drug-likeness (QED) is 0.670. The number of sulfonamides is 1. The number of nitrogens with zero attached hydrogens (tertiary/aromatic N) is 2. The number of nitrogens with one attached hydrogen (secondary N) is 2. The molecule has 1 fully saturated rings. The minimum Gasteiger partial charge on any atom is -0.368 e. The molecule has 2 heterocycles. The van der Waals surface area contributed by atoms with E-state index in [-0.39, 0.29) is 29.9 Å². The molecule has 0 bridgehead atoms. The number of anilines is 1. The summed E-state index contributed by atoms with van der Waals surface area (Å²) in [5.41, 5.74) is -0.821. The van der Waals surface area contributed by atoms with Crippen LogP contribution in [0.2, 0.25) is 0 Å². The van der Waals surface area contributed by atoms with E-state index in [4.69, 9.17) is 0 Å². The van der Waals surface area contributed by atoms with Crippen LogP contribution >= 0.6 is 0 Å². The summed E-state index contributed by atoms with van der Waals surface area (Å²) in [7, 11) is -3.22. The van der Waals surface area contributed by atoms with Crippen molar-refractivity contribution in [3.05, 3.63) is 23.9 Å². The Morgan fingerprint density at radius 1 is 1.26 bits per heavy atom. The smallest absolute Gasteiger partial charge is 0.368 e. The molecule has 1 aliphatic rings. The number of piperidine rings is 1. The van der Waals surface area contributed by atoms with Crippen LogP contribution in [-0.4, -0.2) is 55.5 Å². The number of carbonyl (C=O) groups is 1. The Hall–Kier alpha value is -1.88. The monoisotopic (exact) mass is 408 g/mol. The number of hydrogen-bond donors (Lipinski definition) is 2. The van der Waals surface area contributed by atoms with Crippen LogP contribution in [0, 0.1) is 5.92 Å². The van der Waals surface area contributed by atoms with Gasteiger partial charge in [-0.3, -0.25) is 4.79 Å². The third kappa shape index (κ3) is 6.06. The number of amides is 1. The van der Waals surface area contributed by atoms with Crippen molar-refractivity contribution in [2.45, 2.75) is 25.9 Å². The molecule has 2 N–H and O–H groups in total. The van der Waals surface area contributed by atoms with E-state index in [2.05, 4.69) is 15.6 Å². The molecule has 1 aromatic rings. The zero-order chi connectivity index (χ0) is 20.1. The summed E-state index contributed by atoms with van der Waals surface area (Å²) in [6.07, 6.45) is -2.73. The minimum absolute atomic E-state index is 0.0491. The Morgan fingerprint density at radius 3 is 2.44 bits per heavy atom. The predicted octanol–water partition coefficient (Wildman–Crippen LogP) is 1.69. The van der Waals surface area contributed by atoms with Crippen molar-refractivity contribution in [1.82, 2.24) is 14.6 Å². The molecule has 2 rings (SSSR count). The van der Waals surface area contributed by atoms with Crippen LogP contribution < -0.4 is 10.6 Å². The van der Waals surface area contributed by atoms with Gasteiger partial charge in [-0.15, -0.1) is 0 Å². The largest absolute Gasteiger partial charge is 0.417 e. The molecule has 1 amide bonds. The maximum absolute atomic E-state index is 12.5. The first-order valence-corrected chi connectivity index (χ1v) is 10.3. The molecule has 0 aliphatic carbocycles. The van der Waals surface area contributed by atoms with E-state index in [1.54, 1.807) is 6.92 Å². The molecule has 152 valence electrons. The Bertz CT molecular complexity index is 730. The highest BCUT2D eigenvalue weighted by Crippen LogP contribution is 2.28. The molecule has 7 nitrogen and oxygen atoms in total. The lowest BCUT2D eigenvalue weighted by Crippen LogP contribution is -2.44. The Labute approximate surface area is 156 Å². The standard InChI is InChI=1S/C16H23F3N4O3S/c1-2-27(25,26)23-9-5-12(6-10-23)15(24)21-8-7-20-14-4-3-13(11-22-14)16(17,18)19/h3-4,11-12H,2,5-10H2,1H3,(H,20,22)(H,21,24). The highest BCUT2D eigenvalue weighted by molar-refractivity contribution is 7.89. The number of halogens is 3. The zero-order valence-corrected chi connectivity index (χ0v) is 15.7. The molecule has 0 unspecified atom stereocenters. The number of carbonyl (C=O) groups excluding carboxylic acids is 1. The van der Waals surface area contributed by atoms with E-state index in [1.165, 1.54) is 10.4 Å². The van der Waals surface area contributed by atoms with Gasteiger partial charge in [0.05, 0.1) is 11.3 Å². The zero-order valence-electron chi connectivity index (χ0n) is 14.9. The lowest BCUT2D eigenvalue weighted by molar-refractivity contribution is -0.137. The van der Waals surface area contributed by atoms with Crippen LogP contribution in [-0.2, 0) is 21.0 Å². The van der Waals surface area contributed by atoms with Gasteiger partial charge in [-0.1, -0.05) is 0 Å². The van der Waals surface area contributed by atoms with E-state index < -0.39 is 21.8 Å². The second kappa shape index (κ2) is 8.87. The van der Waals surface area contributed by atoms with Gasteiger partial charge in [0.15, 0.2) is 0 Å². The number of alkyl halides is 3. The van der Waals surface area contributed by atoms with Gasteiger partial charge in [-0.2, -0.15) is 13.2 Å². The molecule has 0 radical (unpaired) electrons. The van der Waals surface area contributed by atoms with Gasteiger partial charge < -0.3 is 10.6 Å². The fraction of sp³-hybridized carbons (Fsp3) is 0.625. The number of rotatable bonds is 7. The number of aromatic nitrogens is 1. The normalized spacial score (nSPS) is 16.9. The lowest BCUT2D eigenvalue weighted by atomic mass is 9.97. The van der Waals surface area contributed by atoms with Gasteiger partial charge in [0.1, 0.15) is 5.82 Å². The summed E-state index contributed by atoms with van der Waals surface area (Å²) in [5.74, 6) is -0.0494. The van der Waals surface area contributed by atoms with Crippen molar-refractivity contribution in [1.29, 1.82) is 0 Å². The predicted molar refractivity (Wildman–Crippen MR) is 94.5 cm³/mol. The molecule has 1 aromatic heterocycles. The summed E-state index contributed by atoms with van der Waals surface area (Å²) in [4.78, 5) is 15.8. The number of pyridine rings is 1. The fourth-order valence-corrected chi connectivity index (χ4v) is 3.90. The molecule has 11 heteroatoms. The van der Waals surface area contributed by atoms with Crippen molar-refractivity contribution in [2.24, 2.45) is 5.92 Å². The van der Waals surface area contributed by atoms with E-state index in [1.807, 2.05) is 0 Å². The minimum atomic E-state index is -4.43. The summed E-state index contributed by atoms with van der Waals surface area (Å²) < 4.78 is 62.4. The summed E-state index contributed by atoms with van der Waals surface area (Å²) in [5, 5.41) is 5.58. The van der Waals surface area contributed by atoms with E-state index in [9.17, 15) is 26.4 Å². The molecule has 0 aromatic carbocycles. The highest BCUT2D eigenvalue weighted by Gasteiger charge is 2.31. The summed E-state index contributed by atoms with van der Waals surface area (Å²) >= 11 is 0. The lowest BCUT2D eigenvalue weighted by Gasteiger charge is -2.30. The fourth-order valence-electron chi connectivity index (χ4n) is 2.77. The average Bonchev–Trinajstić information content (AvgIpc) is 2.65. The first-order valence-electron chi connectivity index (χ1n) is 8.66. The summed E-state index contributed by atoms with van der Waals surface area (Å²) in [6, 6.07) is 2.17. The third-order valence-corrected chi connectivity index (χ3v) is 6.29. The van der Waals surface area contributed by atoms with Gasteiger partial charge in [-0.25, -0.2) is 17.7 Å². The van der Waals surface area contributed by atoms with Crippen molar-refractivity contribution < 1.29 is 26.4 Å². The van der Waals surface area contributed by atoms with Crippen molar-refractivity contribution in [3.8, 4) is 0 Å². The van der Waals surface area contributed by atoms with Crippen molar-refractivity contribution in [2.75, 3.05) is 37.2 Å². The molecule has 1 aliphatic heterocycles. The molecule has 0 saturated carbocycles.